The van der Waals surface area contributed by atoms with Crippen molar-refractivity contribution in [2.45, 2.75) is 6.92 Å². The summed E-state index contributed by atoms with van der Waals surface area (Å²) in [5.41, 5.74) is 4.08. The van der Waals surface area contributed by atoms with Crippen LogP contribution < -0.4 is 10.2 Å². The van der Waals surface area contributed by atoms with Crippen LogP contribution in [0.3, 0.4) is 0 Å². The molecule has 6 heteroatoms. The molecule has 0 unspecified atom stereocenters. The largest absolute Gasteiger partial charge is 0.507 e. The van der Waals surface area contributed by atoms with Crippen LogP contribution >= 0.6 is 11.6 Å². The molecule has 1 fully saturated rings. The monoisotopic (exact) mass is 397 g/mol. The van der Waals surface area contributed by atoms with E-state index in [1.807, 2.05) is 13.0 Å². The van der Waals surface area contributed by atoms with Crippen LogP contribution in [0.5, 0.6) is 5.75 Å². The van der Waals surface area contributed by atoms with E-state index in [1.165, 1.54) is 12.1 Å². The van der Waals surface area contributed by atoms with Crippen LogP contribution in [0.4, 0.5) is 10.1 Å². The predicted molar refractivity (Wildman–Crippen MR) is 112 cm³/mol. The summed E-state index contributed by atoms with van der Waals surface area (Å²) in [7, 11) is 0. The van der Waals surface area contributed by atoms with Crippen molar-refractivity contribution in [3.63, 3.8) is 0 Å². The highest BCUT2D eigenvalue weighted by atomic mass is 35.5. The molecule has 1 aliphatic heterocycles. The lowest BCUT2D eigenvalue weighted by Gasteiger charge is -2.30. The number of benzene rings is 2. The van der Waals surface area contributed by atoms with Gasteiger partial charge in [-0.1, -0.05) is 23.7 Å². The Kier molecular flexibility index (Phi) is 5.20. The minimum Gasteiger partial charge on any atom is -0.507 e. The normalized spacial score (nSPS) is 14.3. The zero-order valence-corrected chi connectivity index (χ0v) is 16.3. The quantitative estimate of drug-likeness (QED) is 0.676. The molecule has 0 atom stereocenters. The Morgan fingerprint density at radius 2 is 1.79 bits per heavy atom. The standard InChI is InChI=1S/C22H21ClFN3O/c1-14-21(27-7-5-25-6-8-27)10-16(13-26-14)20-12-18(24)11-19(22(20)28)15-3-2-4-17(23)9-15/h2-4,9-13,25,28H,5-8H2,1H3. The van der Waals surface area contributed by atoms with Gasteiger partial charge in [-0.05, 0) is 42.8 Å². The molecule has 1 saturated heterocycles. The molecule has 2 aromatic carbocycles. The Morgan fingerprint density at radius 3 is 2.50 bits per heavy atom. The van der Waals surface area contributed by atoms with E-state index >= 15 is 0 Å². The van der Waals surface area contributed by atoms with Gasteiger partial charge in [0.25, 0.3) is 0 Å². The molecule has 0 spiro atoms. The molecule has 28 heavy (non-hydrogen) atoms. The van der Waals surface area contributed by atoms with E-state index in [0.717, 1.165) is 37.6 Å². The van der Waals surface area contributed by atoms with E-state index in [4.69, 9.17) is 11.6 Å². The van der Waals surface area contributed by atoms with Crippen molar-refractivity contribution in [3.8, 4) is 28.0 Å². The van der Waals surface area contributed by atoms with Crippen molar-refractivity contribution < 1.29 is 9.50 Å². The van der Waals surface area contributed by atoms with Crippen molar-refractivity contribution in [2.24, 2.45) is 0 Å². The van der Waals surface area contributed by atoms with Gasteiger partial charge in [-0.3, -0.25) is 4.98 Å². The Morgan fingerprint density at radius 1 is 1.07 bits per heavy atom. The minimum atomic E-state index is -0.424. The molecule has 1 aliphatic rings. The number of rotatable bonds is 3. The number of hydrogen-bond acceptors (Lipinski definition) is 4. The third-order valence-corrected chi connectivity index (χ3v) is 5.27. The van der Waals surface area contributed by atoms with Gasteiger partial charge >= 0.3 is 0 Å². The van der Waals surface area contributed by atoms with Crippen molar-refractivity contribution in [1.82, 2.24) is 10.3 Å². The van der Waals surface area contributed by atoms with Gasteiger partial charge in [0.1, 0.15) is 11.6 Å². The Labute approximate surface area is 168 Å². The van der Waals surface area contributed by atoms with Gasteiger partial charge < -0.3 is 15.3 Å². The number of aromatic nitrogens is 1. The molecule has 0 radical (unpaired) electrons. The number of anilines is 1. The van der Waals surface area contributed by atoms with E-state index in [9.17, 15) is 9.50 Å². The molecule has 144 valence electrons. The smallest absolute Gasteiger partial charge is 0.131 e. The van der Waals surface area contributed by atoms with Gasteiger partial charge in [0, 0.05) is 54.1 Å². The maximum Gasteiger partial charge on any atom is 0.131 e. The number of phenolic OH excluding ortho intramolecular Hbond substituents is 1. The molecule has 0 amide bonds. The molecule has 2 heterocycles. The zero-order chi connectivity index (χ0) is 19.7. The van der Waals surface area contributed by atoms with Crippen LogP contribution in [0.2, 0.25) is 5.02 Å². The number of aromatic hydroxyl groups is 1. The molecule has 0 saturated carbocycles. The third kappa shape index (κ3) is 3.68. The Hall–Kier alpha value is -2.63. The van der Waals surface area contributed by atoms with Crippen LogP contribution in [-0.2, 0) is 0 Å². The van der Waals surface area contributed by atoms with Crippen LogP contribution in [0.15, 0.2) is 48.7 Å². The topological polar surface area (TPSA) is 48.4 Å². The van der Waals surface area contributed by atoms with E-state index in [0.29, 0.717) is 27.3 Å². The summed E-state index contributed by atoms with van der Waals surface area (Å²) in [6.07, 6.45) is 1.68. The first-order valence-corrected chi connectivity index (χ1v) is 9.62. The lowest BCUT2D eigenvalue weighted by Crippen LogP contribution is -2.43. The first-order valence-electron chi connectivity index (χ1n) is 9.24. The highest BCUT2D eigenvalue weighted by Crippen LogP contribution is 2.40. The van der Waals surface area contributed by atoms with E-state index < -0.39 is 5.82 Å². The fourth-order valence-corrected chi connectivity index (χ4v) is 3.78. The number of halogens is 2. The third-order valence-electron chi connectivity index (χ3n) is 5.04. The van der Waals surface area contributed by atoms with Gasteiger partial charge in [0.2, 0.25) is 0 Å². The molecular formula is C22H21ClFN3O. The Bertz CT molecular complexity index is 1020. The summed E-state index contributed by atoms with van der Waals surface area (Å²) >= 11 is 6.07. The lowest BCUT2D eigenvalue weighted by atomic mass is 9.97. The molecular weight excluding hydrogens is 377 g/mol. The number of pyridine rings is 1. The van der Waals surface area contributed by atoms with Crippen LogP contribution in [-0.4, -0.2) is 36.3 Å². The van der Waals surface area contributed by atoms with Crippen molar-refractivity contribution >= 4 is 17.3 Å². The highest BCUT2D eigenvalue weighted by Gasteiger charge is 2.18. The molecule has 4 rings (SSSR count). The fourth-order valence-electron chi connectivity index (χ4n) is 3.59. The molecule has 1 aromatic heterocycles. The molecule has 4 nitrogen and oxygen atoms in total. The van der Waals surface area contributed by atoms with Gasteiger partial charge in [-0.2, -0.15) is 0 Å². The van der Waals surface area contributed by atoms with Crippen LogP contribution in [0, 0.1) is 12.7 Å². The molecule has 0 aliphatic carbocycles. The lowest BCUT2D eigenvalue weighted by molar-refractivity contribution is 0.477. The average Bonchev–Trinajstić information content (AvgIpc) is 2.70. The number of aryl methyl sites for hydroxylation is 1. The number of phenols is 1. The second kappa shape index (κ2) is 7.78. The number of nitrogens with one attached hydrogen (secondary N) is 1. The summed E-state index contributed by atoms with van der Waals surface area (Å²) in [6.45, 7) is 5.55. The fraction of sp³-hybridized carbons (Fsp3) is 0.227. The van der Waals surface area contributed by atoms with Crippen molar-refractivity contribution in [2.75, 3.05) is 31.1 Å². The maximum atomic E-state index is 14.4. The molecule has 0 bridgehead atoms. The van der Waals surface area contributed by atoms with Gasteiger partial charge in [0.05, 0.1) is 11.4 Å². The number of nitrogens with zero attached hydrogens (tertiary/aromatic N) is 2. The number of hydrogen-bond donors (Lipinski definition) is 2. The van der Waals surface area contributed by atoms with Crippen molar-refractivity contribution in [1.29, 1.82) is 0 Å². The van der Waals surface area contributed by atoms with Crippen LogP contribution in [0.25, 0.3) is 22.3 Å². The maximum absolute atomic E-state index is 14.4. The van der Waals surface area contributed by atoms with Gasteiger partial charge in [0.15, 0.2) is 0 Å². The predicted octanol–water partition coefficient (Wildman–Crippen LogP) is 4.63. The summed E-state index contributed by atoms with van der Waals surface area (Å²) in [5.74, 6) is -0.410. The summed E-state index contributed by atoms with van der Waals surface area (Å²) in [4.78, 5) is 6.76. The summed E-state index contributed by atoms with van der Waals surface area (Å²) in [6, 6.07) is 11.7. The first-order chi connectivity index (χ1) is 13.5. The summed E-state index contributed by atoms with van der Waals surface area (Å²) in [5, 5.41) is 14.8. The molecule has 2 N–H and O–H groups in total. The first kappa shape index (κ1) is 18.7. The Balaban J connectivity index is 1.81. The van der Waals surface area contributed by atoms with Gasteiger partial charge in [-0.25, -0.2) is 4.39 Å². The molecule has 3 aromatic rings. The highest BCUT2D eigenvalue weighted by molar-refractivity contribution is 6.30. The van der Waals surface area contributed by atoms with Crippen LogP contribution in [0.1, 0.15) is 5.69 Å². The van der Waals surface area contributed by atoms with E-state index in [1.54, 1.807) is 30.5 Å². The van der Waals surface area contributed by atoms with E-state index in [-0.39, 0.29) is 5.75 Å². The second-order valence-electron chi connectivity index (χ2n) is 6.93. The average molecular weight is 398 g/mol. The SMILES string of the molecule is Cc1ncc(-c2cc(F)cc(-c3cccc(Cl)c3)c2O)cc1N1CCNCC1. The van der Waals surface area contributed by atoms with E-state index in [2.05, 4.69) is 15.2 Å². The minimum absolute atomic E-state index is 0.0144. The number of piperazine rings is 1. The zero-order valence-electron chi connectivity index (χ0n) is 15.5. The summed E-state index contributed by atoms with van der Waals surface area (Å²) < 4.78 is 14.4. The second-order valence-corrected chi connectivity index (χ2v) is 7.36. The van der Waals surface area contributed by atoms with Crippen molar-refractivity contribution in [3.05, 3.63) is 65.2 Å². The van der Waals surface area contributed by atoms with Gasteiger partial charge in [-0.15, -0.1) is 0 Å².